The van der Waals surface area contributed by atoms with E-state index in [1.807, 2.05) is 30.3 Å². The molecule has 7 heteroatoms. The predicted octanol–water partition coefficient (Wildman–Crippen LogP) is 5.07. The summed E-state index contributed by atoms with van der Waals surface area (Å²) in [5, 5.41) is 0.279. The SMILES string of the molecule is CC(=O)SC1CC(CO[Si](C)(C)C(C)(C)C)N(C(=O)OCc2ccccc2)C1. The number of likely N-dealkylation sites (tertiary alicyclic amines) is 1. The smallest absolute Gasteiger partial charge is 0.410 e. The molecule has 1 saturated heterocycles. The van der Waals surface area contributed by atoms with Crippen LogP contribution < -0.4 is 0 Å². The molecule has 0 aliphatic carbocycles. The zero-order valence-corrected chi connectivity index (χ0v) is 19.7. The van der Waals surface area contributed by atoms with Crippen LogP contribution in [0.3, 0.4) is 0 Å². The van der Waals surface area contributed by atoms with Crippen LogP contribution in [0.2, 0.25) is 18.1 Å². The van der Waals surface area contributed by atoms with Gasteiger partial charge in [-0.05, 0) is 30.1 Å². The molecule has 0 spiro atoms. The lowest BCUT2D eigenvalue weighted by Gasteiger charge is -2.37. The molecule has 2 unspecified atom stereocenters. The second-order valence-electron chi connectivity index (χ2n) is 8.88. The number of hydrogen-bond donors (Lipinski definition) is 0. The number of ether oxygens (including phenoxy) is 1. The molecule has 1 heterocycles. The van der Waals surface area contributed by atoms with Crippen LogP contribution in [0.5, 0.6) is 0 Å². The van der Waals surface area contributed by atoms with Gasteiger partial charge in [-0.15, -0.1) is 0 Å². The largest absolute Gasteiger partial charge is 0.445 e. The van der Waals surface area contributed by atoms with E-state index in [1.54, 1.807) is 11.8 Å². The number of benzene rings is 1. The standard InChI is InChI=1S/C21H33NO4SSi/c1-16(23)27-19-12-18(15-26-28(5,6)21(2,3)4)22(13-19)20(24)25-14-17-10-8-7-9-11-17/h7-11,18-19H,12-15H2,1-6H3. The molecule has 1 fully saturated rings. The van der Waals surface area contributed by atoms with Gasteiger partial charge >= 0.3 is 6.09 Å². The monoisotopic (exact) mass is 423 g/mol. The highest BCUT2D eigenvalue weighted by atomic mass is 32.2. The summed E-state index contributed by atoms with van der Waals surface area (Å²) in [6, 6.07) is 9.59. The third-order valence-electron chi connectivity index (χ3n) is 5.59. The molecule has 156 valence electrons. The molecule has 2 rings (SSSR count). The minimum absolute atomic E-state index is 0.0609. The molecule has 1 aromatic rings. The zero-order chi connectivity index (χ0) is 20.9. The Kier molecular flexibility index (Phi) is 7.76. The molecule has 0 bridgehead atoms. The van der Waals surface area contributed by atoms with Crippen LogP contribution in [0, 0.1) is 0 Å². The molecule has 0 radical (unpaired) electrons. The molecule has 5 nitrogen and oxygen atoms in total. The zero-order valence-electron chi connectivity index (χ0n) is 17.9. The van der Waals surface area contributed by atoms with E-state index in [0.29, 0.717) is 13.2 Å². The van der Waals surface area contributed by atoms with Crippen LogP contribution in [0.4, 0.5) is 4.79 Å². The van der Waals surface area contributed by atoms with Crippen molar-refractivity contribution in [2.24, 2.45) is 0 Å². The first-order valence-electron chi connectivity index (χ1n) is 9.78. The van der Waals surface area contributed by atoms with Crippen molar-refractivity contribution in [2.75, 3.05) is 13.2 Å². The minimum atomic E-state index is -1.91. The first-order chi connectivity index (χ1) is 13.0. The first-order valence-corrected chi connectivity index (χ1v) is 13.6. The molecular formula is C21H33NO4SSi. The average Bonchev–Trinajstić information content (AvgIpc) is 3.00. The van der Waals surface area contributed by atoms with E-state index in [0.717, 1.165) is 12.0 Å². The van der Waals surface area contributed by atoms with Gasteiger partial charge in [-0.1, -0.05) is 62.9 Å². The molecule has 1 amide bonds. The van der Waals surface area contributed by atoms with Crippen molar-refractivity contribution in [1.29, 1.82) is 0 Å². The normalized spacial score (nSPS) is 20.3. The Morgan fingerprint density at radius 3 is 2.43 bits per heavy atom. The lowest BCUT2D eigenvalue weighted by molar-refractivity contribution is -0.109. The Bertz CT molecular complexity index is 675. The molecule has 0 N–H and O–H groups in total. The van der Waals surface area contributed by atoms with E-state index in [2.05, 4.69) is 33.9 Å². The van der Waals surface area contributed by atoms with Crippen molar-refractivity contribution in [3.05, 3.63) is 35.9 Å². The summed E-state index contributed by atoms with van der Waals surface area (Å²) in [6.45, 7) is 13.9. The summed E-state index contributed by atoms with van der Waals surface area (Å²) in [5.74, 6) is 0. The van der Waals surface area contributed by atoms with Gasteiger partial charge in [-0.3, -0.25) is 4.79 Å². The summed E-state index contributed by atoms with van der Waals surface area (Å²) in [7, 11) is -1.91. The molecule has 2 atom stereocenters. The summed E-state index contributed by atoms with van der Waals surface area (Å²) >= 11 is 1.31. The van der Waals surface area contributed by atoms with Crippen LogP contribution in [-0.4, -0.2) is 48.9 Å². The topological polar surface area (TPSA) is 55.8 Å². The van der Waals surface area contributed by atoms with Gasteiger partial charge in [0.2, 0.25) is 0 Å². The number of rotatable bonds is 6. The highest BCUT2D eigenvalue weighted by Crippen LogP contribution is 2.37. The Morgan fingerprint density at radius 1 is 1.21 bits per heavy atom. The van der Waals surface area contributed by atoms with Gasteiger partial charge in [-0.2, -0.15) is 0 Å². The first kappa shape index (κ1) is 23.0. The average molecular weight is 424 g/mol. The van der Waals surface area contributed by atoms with Crippen molar-refractivity contribution in [1.82, 2.24) is 4.90 Å². The van der Waals surface area contributed by atoms with Crippen LogP contribution in [0.15, 0.2) is 30.3 Å². The number of carbonyl (C=O) groups excluding carboxylic acids is 2. The van der Waals surface area contributed by atoms with Crippen LogP contribution >= 0.6 is 11.8 Å². The van der Waals surface area contributed by atoms with Gasteiger partial charge in [0.15, 0.2) is 13.4 Å². The molecule has 1 aromatic carbocycles. The lowest BCUT2D eigenvalue weighted by Crippen LogP contribution is -2.46. The van der Waals surface area contributed by atoms with E-state index < -0.39 is 8.32 Å². The van der Waals surface area contributed by atoms with Gasteiger partial charge in [0, 0.05) is 18.7 Å². The van der Waals surface area contributed by atoms with Crippen LogP contribution in [0.25, 0.3) is 0 Å². The van der Waals surface area contributed by atoms with Crippen molar-refractivity contribution < 1.29 is 18.8 Å². The number of carbonyl (C=O) groups is 2. The Hall–Kier alpha value is -1.31. The second kappa shape index (κ2) is 9.46. The number of nitrogens with zero attached hydrogens (tertiary/aromatic N) is 1. The van der Waals surface area contributed by atoms with E-state index in [4.69, 9.17) is 9.16 Å². The molecule has 0 aromatic heterocycles. The Morgan fingerprint density at radius 2 is 1.86 bits per heavy atom. The van der Waals surface area contributed by atoms with E-state index >= 15 is 0 Å². The Balaban J connectivity index is 2.02. The highest BCUT2D eigenvalue weighted by Gasteiger charge is 2.41. The van der Waals surface area contributed by atoms with E-state index in [-0.39, 0.29) is 34.1 Å². The number of hydrogen-bond acceptors (Lipinski definition) is 5. The summed E-state index contributed by atoms with van der Waals surface area (Å²) < 4.78 is 11.9. The molecule has 0 saturated carbocycles. The van der Waals surface area contributed by atoms with Crippen molar-refractivity contribution in [2.45, 2.75) is 70.1 Å². The second-order valence-corrected chi connectivity index (χ2v) is 15.2. The van der Waals surface area contributed by atoms with Gasteiger partial charge in [0.05, 0.1) is 12.6 Å². The van der Waals surface area contributed by atoms with E-state index in [1.165, 1.54) is 11.8 Å². The highest BCUT2D eigenvalue weighted by molar-refractivity contribution is 8.14. The lowest BCUT2D eigenvalue weighted by atomic mass is 10.2. The fourth-order valence-electron chi connectivity index (χ4n) is 2.90. The van der Waals surface area contributed by atoms with Crippen molar-refractivity contribution in [3.8, 4) is 0 Å². The maximum absolute atomic E-state index is 12.7. The molecule has 28 heavy (non-hydrogen) atoms. The Labute approximate surface area is 174 Å². The summed E-state index contributed by atoms with van der Waals surface area (Å²) in [6.07, 6.45) is 0.415. The minimum Gasteiger partial charge on any atom is -0.445 e. The van der Waals surface area contributed by atoms with Gasteiger partial charge in [0.1, 0.15) is 6.61 Å². The number of thioether (sulfide) groups is 1. The van der Waals surface area contributed by atoms with Gasteiger partial charge in [0.25, 0.3) is 0 Å². The maximum atomic E-state index is 12.7. The maximum Gasteiger partial charge on any atom is 0.410 e. The van der Waals surface area contributed by atoms with Gasteiger partial charge < -0.3 is 14.1 Å². The third kappa shape index (κ3) is 6.35. The molecule has 1 aliphatic heterocycles. The van der Waals surface area contributed by atoms with E-state index in [9.17, 15) is 9.59 Å². The summed E-state index contributed by atoms with van der Waals surface area (Å²) in [5.41, 5.74) is 0.957. The van der Waals surface area contributed by atoms with Gasteiger partial charge in [-0.25, -0.2) is 4.79 Å². The van der Waals surface area contributed by atoms with Crippen molar-refractivity contribution in [3.63, 3.8) is 0 Å². The predicted molar refractivity (Wildman–Crippen MR) is 117 cm³/mol. The van der Waals surface area contributed by atoms with Crippen LogP contribution in [-0.2, 0) is 20.6 Å². The van der Waals surface area contributed by atoms with Crippen LogP contribution in [0.1, 0.15) is 39.7 Å². The number of amides is 1. The van der Waals surface area contributed by atoms with Crippen molar-refractivity contribution >= 4 is 31.3 Å². The molecule has 1 aliphatic rings. The summed E-state index contributed by atoms with van der Waals surface area (Å²) in [4.78, 5) is 26.0. The molecular weight excluding hydrogens is 390 g/mol. The fraction of sp³-hybridized carbons (Fsp3) is 0.619. The fourth-order valence-corrected chi connectivity index (χ4v) is 4.96. The third-order valence-corrected chi connectivity index (χ3v) is 11.1. The quantitative estimate of drug-likeness (QED) is 0.598.